The van der Waals surface area contributed by atoms with Gasteiger partial charge in [0.25, 0.3) is 0 Å². The van der Waals surface area contributed by atoms with E-state index in [0.717, 1.165) is 0 Å². The number of ether oxygens (including phenoxy) is 1. The molecule has 1 aliphatic rings. The predicted molar refractivity (Wildman–Crippen MR) is 60.0 cm³/mol. The molecule has 1 fully saturated rings. The van der Waals surface area contributed by atoms with Gasteiger partial charge in [-0.2, -0.15) is 17.2 Å². The smallest absolute Gasteiger partial charge is 0.457 e. The van der Waals surface area contributed by atoms with E-state index >= 15 is 0 Å². The molecule has 19 heavy (non-hydrogen) atoms. The molecule has 0 atom stereocenters. The van der Waals surface area contributed by atoms with Crippen molar-refractivity contribution in [1.29, 1.82) is 0 Å². The normalized spacial score (nSPS) is 24.7. The Morgan fingerprint density at radius 1 is 1.37 bits per heavy atom. The number of rotatable bonds is 5. The van der Waals surface area contributed by atoms with Crippen LogP contribution in [0.25, 0.3) is 0 Å². The van der Waals surface area contributed by atoms with Crippen LogP contribution in [0.5, 0.6) is 0 Å². The summed E-state index contributed by atoms with van der Waals surface area (Å²) in [5.74, 6) is -2.25. The van der Waals surface area contributed by atoms with Gasteiger partial charge in [0.05, 0.1) is 5.60 Å². The van der Waals surface area contributed by atoms with E-state index in [2.05, 4.69) is 4.74 Å². The molecule has 0 aromatic rings. The Morgan fingerprint density at radius 2 is 1.84 bits per heavy atom. The summed E-state index contributed by atoms with van der Waals surface area (Å²) >= 11 is 0. The van der Waals surface area contributed by atoms with Crippen LogP contribution >= 0.6 is 0 Å². The average Bonchev–Trinajstić information content (AvgIpc) is 2.09. The topological polar surface area (TPSA) is 101 Å². The maximum atomic E-state index is 12.9. The molecule has 6 nitrogen and oxygen atoms in total. The molecule has 0 aromatic heterocycles. The van der Waals surface area contributed by atoms with Crippen LogP contribution in [-0.4, -0.2) is 41.0 Å². The van der Waals surface area contributed by atoms with Crippen molar-refractivity contribution < 1.29 is 36.4 Å². The summed E-state index contributed by atoms with van der Waals surface area (Å²) in [4.78, 5) is 10.9. The fourth-order valence-corrected chi connectivity index (χ4v) is 2.23. The van der Waals surface area contributed by atoms with Crippen molar-refractivity contribution >= 4 is 16.1 Å². The Balaban J connectivity index is 2.46. The van der Waals surface area contributed by atoms with Gasteiger partial charge in [0.15, 0.2) is 0 Å². The Labute approximate surface area is 109 Å². The minimum absolute atomic E-state index is 0.0251. The van der Waals surface area contributed by atoms with Crippen molar-refractivity contribution in [2.75, 3.05) is 0 Å². The van der Waals surface area contributed by atoms with Gasteiger partial charge in [0, 0.05) is 0 Å². The van der Waals surface area contributed by atoms with Gasteiger partial charge in [-0.15, -0.1) is 0 Å². The summed E-state index contributed by atoms with van der Waals surface area (Å²) in [6.07, 6.45) is 0.164. The molecule has 0 spiro atoms. The molecule has 1 aliphatic carbocycles. The maximum Gasteiger partial charge on any atom is 0.465 e. The second-order valence-electron chi connectivity index (χ2n) is 5.37. The fraction of sp³-hybridized carbons (Fsp3) is 0.900. The quantitative estimate of drug-likeness (QED) is 0.579. The van der Waals surface area contributed by atoms with E-state index in [-0.39, 0.29) is 18.8 Å². The van der Waals surface area contributed by atoms with Crippen molar-refractivity contribution in [1.82, 2.24) is 0 Å². The van der Waals surface area contributed by atoms with Gasteiger partial charge in [-0.3, -0.25) is 4.55 Å². The van der Waals surface area contributed by atoms with E-state index in [1.807, 2.05) is 0 Å². The van der Waals surface area contributed by atoms with Gasteiger partial charge < -0.3 is 9.84 Å². The van der Waals surface area contributed by atoms with E-state index < -0.39 is 33.0 Å². The Bertz CT molecular complexity index is 447. The SMILES string of the molecule is CC(C)(O)CC1CC(OC(=O)C(F)(F)S(=O)(=O)O)C1. The molecule has 2 N–H and O–H groups in total. The summed E-state index contributed by atoms with van der Waals surface area (Å²) < 4.78 is 58.9. The minimum atomic E-state index is -5.82. The van der Waals surface area contributed by atoms with Gasteiger partial charge in [-0.05, 0) is 39.0 Å². The molecule has 1 saturated carbocycles. The molecule has 0 heterocycles. The third-order valence-corrected chi connectivity index (χ3v) is 3.63. The van der Waals surface area contributed by atoms with Crippen LogP contribution in [0.2, 0.25) is 0 Å². The van der Waals surface area contributed by atoms with Crippen LogP contribution in [0.3, 0.4) is 0 Å². The molecule has 0 aliphatic heterocycles. The van der Waals surface area contributed by atoms with Crippen molar-refractivity contribution in [2.24, 2.45) is 5.92 Å². The lowest BCUT2D eigenvalue weighted by atomic mass is 9.76. The summed E-state index contributed by atoms with van der Waals surface area (Å²) in [7, 11) is -5.82. The molecule has 0 unspecified atom stereocenters. The molecule has 9 heteroatoms. The number of aliphatic hydroxyl groups is 1. The first-order valence-corrected chi connectivity index (χ1v) is 7.05. The van der Waals surface area contributed by atoms with E-state index in [1.165, 1.54) is 0 Å². The lowest BCUT2D eigenvalue weighted by Crippen LogP contribution is -2.44. The highest BCUT2D eigenvalue weighted by Crippen LogP contribution is 2.37. The van der Waals surface area contributed by atoms with Crippen LogP contribution < -0.4 is 0 Å². The number of esters is 1. The average molecular weight is 302 g/mol. The molecule has 112 valence electrons. The zero-order chi connectivity index (χ0) is 15.1. The number of hydrogen-bond acceptors (Lipinski definition) is 5. The summed E-state index contributed by atoms with van der Waals surface area (Å²) in [6, 6.07) is 0. The number of hydrogen-bond donors (Lipinski definition) is 2. The standard InChI is InChI=1S/C10H16F2O6S/c1-9(2,14)5-6-3-7(4-6)18-8(13)10(11,12)19(15,16)17/h6-7,14H,3-5H2,1-2H3,(H,15,16,17). The molecule has 1 rings (SSSR count). The first-order valence-electron chi connectivity index (χ1n) is 5.61. The van der Waals surface area contributed by atoms with Gasteiger partial charge >= 0.3 is 21.3 Å². The molecule has 0 saturated heterocycles. The fourth-order valence-electron chi connectivity index (χ4n) is 1.97. The minimum Gasteiger partial charge on any atom is -0.457 e. The van der Waals surface area contributed by atoms with Crippen LogP contribution in [0.4, 0.5) is 8.78 Å². The van der Waals surface area contributed by atoms with Gasteiger partial charge in [-0.25, -0.2) is 4.79 Å². The molecular weight excluding hydrogens is 286 g/mol. The molecule has 0 bridgehead atoms. The first kappa shape index (κ1) is 16.3. The van der Waals surface area contributed by atoms with E-state index in [1.54, 1.807) is 13.8 Å². The van der Waals surface area contributed by atoms with Gasteiger partial charge in [0.2, 0.25) is 0 Å². The summed E-state index contributed by atoms with van der Waals surface area (Å²) in [5.41, 5.74) is -0.905. The Kier molecular flexibility index (Phi) is 4.23. The summed E-state index contributed by atoms with van der Waals surface area (Å²) in [5, 5.41) is 4.57. The number of carbonyl (C=O) groups is 1. The zero-order valence-corrected chi connectivity index (χ0v) is 11.3. The monoisotopic (exact) mass is 302 g/mol. The number of alkyl halides is 2. The largest absolute Gasteiger partial charge is 0.465 e. The highest BCUT2D eigenvalue weighted by molar-refractivity contribution is 7.87. The number of halogens is 2. The molecule has 0 amide bonds. The van der Waals surface area contributed by atoms with Crippen molar-refractivity contribution in [2.45, 2.75) is 50.1 Å². The second kappa shape index (κ2) is 4.95. The highest BCUT2D eigenvalue weighted by Gasteiger charge is 2.55. The van der Waals surface area contributed by atoms with Gasteiger partial charge in [-0.1, -0.05) is 0 Å². The zero-order valence-electron chi connectivity index (χ0n) is 10.5. The van der Waals surface area contributed by atoms with Crippen LogP contribution in [0.15, 0.2) is 0 Å². The lowest BCUT2D eigenvalue weighted by molar-refractivity contribution is -0.174. The second-order valence-corrected chi connectivity index (χ2v) is 6.84. The van der Waals surface area contributed by atoms with E-state index in [0.29, 0.717) is 6.42 Å². The van der Waals surface area contributed by atoms with Gasteiger partial charge in [0.1, 0.15) is 6.10 Å². The summed E-state index contributed by atoms with van der Waals surface area (Å²) in [6.45, 7) is 3.19. The predicted octanol–water partition coefficient (Wildman–Crippen LogP) is 0.950. The highest BCUT2D eigenvalue weighted by atomic mass is 32.2. The molecular formula is C10H16F2O6S. The Morgan fingerprint density at radius 3 is 2.21 bits per heavy atom. The van der Waals surface area contributed by atoms with Crippen molar-refractivity contribution in [3.8, 4) is 0 Å². The third-order valence-electron chi connectivity index (χ3n) is 2.82. The maximum absolute atomic E-state index is 12.9. The van der Waals surface area contributed by atoms with Crippen molar-refractivity contribution in [3.63, 3.8) is 0 Å². The number of carbonyl (C=O) groups excluding carboxylic acids is 1. The third kappa shape index (κ3) is 4.08. The lowest BCUT2D eigenvalue weighted by Gasteiger charge is -2.37. The van der Waals surface area contributed by atoms with Crippen molar-refractivity contribution in [3.05, 3.63) is 0 Å². The molecule has 0 aromatic carbocycles. The first-order chi connectivity index (χ1) is 8.33. The Hall–Kier alpha value is -0.800. The van der Waals surface area contributed by atoms with E-state index in [4.69, 9.17) is 4.55 Å². The van der Waals surface area contributed by atoms with Crippen LogP contribution in [0, 0.1) is 5.92 Å². The van der Waals surface area contributed by atoms with Crippen LogP contribution in [-0.2, 0) is 19.6 Å². The van der Waals surface area contributed by atoms with Crippen LogP contribution in [0.1, 0.15) is 33.1 Å². The van der Waals surface area contributed by atoms with E-state index in [9.17, 15) is 27.1 Å². The molecule has 0 radical (unpaired) electrons.